The zero-order valence-corrected chi connectivity index (χ0v) is 15.1. The number of hydrogen-bond donors (Lipinski definition) is 1. The number of halogens is 2. The summed E-state index contributed by atoms with van der Waals surface area (Å²) in [4.78, 5) is 16.9. The number of carbonyl (C=O) groups is 1. The van der Waals surface area contributed by atoms with Gasteiger partial charge in [-0.25, -0.2) is 4.98 Å². The molecule has 1 heterocycles. The first-order chi connectivity index (χ1) is 11.5. The third kappa shape index (κ3) is 3.00. The summed E-state index contributed by atoms with van der Waals surface area (Å²) in [5, 5.41) is 3.96. The second-order valence-corrected chi connectivity index (χ2v) is 6.54. The molecule has 8 heteroatoms. The minimum absolute atomic E-state index is 0.347. The van der Waals surface area contributed by atoms with Crippen molar-refractivity contribution < 1.29 is 14.3 Å². The minimum atomic E-state index is -0.355. The van der Waals surface area contributed by atoms with Gasteiger partial charge in [-0.15, -0.1) is 0 Å². The molecule has 24 heavy (non-hydrogen) atoms. The van der Waals surface area contributed by atoms with E-state index in [1.807, 2.05) is 6.07 Å². The van der Waals surface area contributed by atoms with Crippen LogP contribution in [0.4, 0.5) is 5.13 Å². The van der Waals surface area contributed by atoms with Crippen LogP contribution in [-0.4, -0.2) is 25.1 Å². The molecule has 1 N–H and O–H groups in total. The lowest BCUT2D eigenvalue weighted by molar-refractivity contribution is 0.102. The Morgan fingerprint density at radius 2 is 1.96 bits per heavy atom. The quantitative estimate of drug-likeness (QED) is 0.698. The summed E-state index contributed by atoms with van der Waals surface area (Å²) < 4.78 is 11.3. The molecule has 0 fully saturated rings. The van der Waals surface area contributed by atoms with Crippen molar-refractivity contribution in [2.45, 2.75) is 0 Å². The number of nitrogens with zero attached hydrogens (tertiary/aromatic N) is 1. The number of amides is 1. The molecule has 0 bridgehead atoms. The first-order valence-corrected chi connectivity index (χ1v) is 8.39. The standard InChI is InChI=1S/C16H12Cl2N2O3S/c1-22-10-5-3-4-8(14(10)23-2)15(21)20-16-19-13-11(24-16)7-6-9(17)12(13)18/h3-7H,1-2H3,(H,19,20,21). The Kier molecular flexibility index (Phi) is 4.80. The van der Waals surface area contributed by atoms with Gasteiger partial charge in [0.2, 0.25) is 0 Å². The zero-order chi connectivity index (χ0) is 17.3. The van der Waals surface area contributed by atoms with E-state index in [9.17, 15) is 4.79 Å². The number of benzene rings is 2. The highest BCUT2D eigenvalue weighted by Gasteiger charge is 2.18. The maximum atomic E-state index is 12.6. The lowest BCUT2D eigenvalue weighted by Crippen LogP contribution is -2.13. The van der Waals surface area contributed by atoms with Gasteiger partial charge in [-0.1, -0.05) is 40.6 Å². The second-order valence-electron chi connectivity index (χ2n) is 4.72. The van der Waals surface area contributed by atoms with Gasteiger partial charge in [0.15, 0.2) is 16.6 Å². The summed E-state index contributed by atoms with van der Waals surface area (Å²) in [5.74, 6) is 0.482. The number of anilines is 1. The number of fused-ring (bicyclic) bond motifs is 1. The van der Waals surface area contributed by atoms with Gasteiger partial charge in [-0.3, -0.25) is 10.1 Å². The second kappa shape index (κ2) is 6.84. The molecule has 0 atom stereocenters. The van der Waals surface area contributed by atoms with Crippen LogP contribution in [0.2, 0.25) is 10.0 Å². The maximum Gasteiger partial charge on any atom is 0.261 e. The molecule has 0 aliphatic rings. The van der Waals surface area contributed by atoms with E-state index < -0.39 is 0 Å². The number of hydrogen-bond acceptors (Lipinski definition) is 5. The van der Waals surface area contributed by atoms with Gasteiger partial charge < -0.3 is 9.47 Å². The molecule has 0 unspecified atom stereocenters. The van der Waals surface area contributed by atoms with Crippen LogP contribution in [-0.2, 0) is 0 Å². The van der Waals surface area contributed by atoms with Crippen LogP contribution in [0.15, 0.2) is 30.3 Å². The van der Waals surface area contributed by atoms with Crippen molar-refractivity contribution >= 4 is 55.8 Å². The Bertz CT molecular complexity index is 927. The number of carbonyl (C=O) groups excluding carboxylic acids is 1. The van der Waals surface area contributed by atoms with Crippen molar-refractivity contribution in [3.05, 3.63) is 45.9 Å². The fourth-order valence-corrected chi connectivity index (χ4v) is 3.51. The molecule has 1 aromatic heterocycles. The summed E-state index contributed by atoms with van der Waals surface area (Å²) >= 11 is 13.4. The average Bonchev–Trinajstić information content (AvgIpc) is 3.00. The lowest BCUT2D eigenvalue weighted by Gasteiger charge is -2.11. The van der Waals surface area contributed by atoms with Gasteiger partial charge in [0.05, 0.1) is 34.5 Å². The molecular weight excluding hydrogens is 371 g/mol. The molecule has 3 aromatic rings. The smallest absolute Gasteiger partial charge is 0.261 e. The van der Waals surface area contributed by atoms with Crippen LogP contribution in [0.25, 0.3) is 10.2 Å². The molecule has 5 nitrogen and oxygen atoms in total. The van der Waals surface area contributed by atoms with Crippen LogP contribution in [0.1, 0.15) is 10.4 Å². The topological polar surface area (TPSA) is 60.5 Å². The van der Waals surface area contributed by atoms with Crippen LogP contribution >= 0.6 is 34.5 Å². The van der Waals surface area contributed by atoms with Crippen molar-refractivity contribution in [1.29, 1.82) is 0 Å². The Hall–Kier alpha value is -2.02. The highest BCUT2D eigenvalue weighted by atomic mass is 35.5. The predicted octanol–water partition coefficient (Wildman–Crippen LogP) is 4.87. The fraction of sp³-hybridized carbons (Fsp3) is 0.125. The van der Waals surface area contributed by atoms with Crippen LogP contribution in [0, 0.1) is 0 Å². The largest absolute Gasteiger partial charge is 0.493 e. The van der Waals surface area contributed by atoms with E-state index in [4.69, 9.17) is 32.7 Å². The molecule has 2 aromatic carbocycles. The first-order valence-electron chi connectivity index (χ1n) is 6.82. The first kappa shape index (κ1) is 16.8. The Balaban J connectivity index is 1.94. The summed E-state index contributed by atoms with van der Waals surface area (Å²) in [5.41, 5.74) is 0.905. The summed E-state index contributed by atoms with van der Waals surface area (Å²) in [7, 11) is 2.99. The van der Waals surface area contributed by atoms with Crippen LogP contribution in [0.5, 0.6) is 11.5 Å². The number of aromatic nitrogens is 1. The highest BCUT2D eigenvalue weighted by Crippen LogP contribution is 2.36. The Morgan fingerprint density at radius 1 is 1.17 bits per heavy atom. The number of para-hydroxylation sites is 1. The van der Waals surface area contributed by atoms with E-state index in [-0.39, 0.29) is 5.91 Å². The van der Waals surface area contributed by atoms with Crippen LogP contribution < -0.4 is 14.8 Å². The van der Waals surface area contributed by atoms with E-state index in [1.54, 1.807) is 24.3 Å². The molecule has 0 aliphatic heterocycles. The third-order valence-electron chi connectivity index (χ3n) is 3.32. The maximum absolute atomic E-state index is 12.6. The molecule has 124 valence electrons. The van der Waals surface area contributed by atoms with Gasteiger partial charge in [0, 0.05) is 0 Å². The fourth-order valence-electron chi connectivity index (χ4n) is 2.22. The van der Waals surface area contributed by atoms with Crippen molar-refractivity contribution in [3.8, 4) is 11.5 Å². The summed E-state index contributed by atoms with van der Waals surface area (Å²) in [6.45, 7) is 0. The Labute approximate surface area is 152 Å². The molecular formula is C16H12Cl2N2O3S. The van der Waals surface area contributed by atoms with Gasteiger partial charge in [0.1, 0.15) is 5.52 Å². The van der Waals surface area contributed by atoms with E-state index in [0.717, 1.165) is 4.70 Å². The van der Waals surface area contributed by atoms with Crippen LogP contribution in [0.3, 0.4) is 0 Å². The summed E-state index contributed by atoms with van der Waals surface area (Å²) in [6.07, 6.45) is 0. The molecule has 1 amide bonds. The van der Waals surface area contributed by atoms with E-state index in [1.165, 1.54) is 25.6 Å². The number of thiazole rings is 1. The number of ether oxygens (including phenoxy) is 2. The van der Waals surface area contributed by atoms with Crippen molar-refractivity contribution in [3.63, 3.8) is 0 Å². The third-order valence-corrected chi connectivity index (χ3v) is 5.05. The molecule has 0 saturated carbocycles. The number of methoxy groups -OCH3 is 2. The predicted molar refractivity (Wildman–Crippen MR) is 97.1 cm³/mol. The Morgan fingerprint density at radius 3 is 2.67 bits per heavy atom. The summed E-state index contributed by atoms with van der Waals surface area (Å²) in [6, 6.07) is 8.58. The van der Waals surface area contributed by atoms with Gasteiger partial charge in [0.25, 0.3) is 5.91 Å². The van der Waals surface area contributed by atoms with E-state index in [2.05, 4.69) is 10.3 Å². The molecule has 0 radical (unpaired) electrons. The van der Waals surface area contributed by atoms with Crippen molar-refractivity contribution in [2.24, 2.45) is 0 Å². The molecule has 3 rings (SSSR count). The lowest BCUT2D eigenvalue weighted by atomic mass is 10.1. The molecule has 0 saturated heterocycles. The van der Waals surface area contributed by atoms with Gasteiger partial charge in [-0.05, 0) is 24.3 Å². The highest BCUT2D eigenvalue weighted by molar-refractivity contribution is 7.22. The van der Waals surface area contributed by atoms with E-state index >= 15 is 0 Å². The van der Waals surface area contributed by atoms with Gasteiger partial charge in [-0.2, -0.15) is 0 Å². The zero-order valence-electron chi connectivity index (χ0n) is 12.7. The molecule has 0 aliphatic carbocycles. The number of rotatable bonds is 4. The monoisotopic (exact) mass is 382 g/mol. The number of nitrogens with one attached hydrogen (secondary N) is 1. The molecule has 0 spiro atoms. The average molecular weight is 383 g/mol. The minimum Gasteiger partial charge on any atom is -0.493 e. The van der Waals surface area contributed by atoms with Crippen molar-refractivity contribution in [1.82, 2.24) is 4.98 Å². The normalized spacial score (nSPS) is 10.7. The van der Waals surface area contributed by atoms with Crippen molar-refractivity contribution in [2.75, 3.05) is 19.5 Å². The SMILES string of the molecule is COc1cccc(C(=O)Nc2nc3c(Cl)c(Cl)ccc3s2)c1OC. The van der Waals surface area contributed by atoms with Gasteiger partial charge >= 0.3 is 0 Å². The van der Waals surface area contributed by atoms with E-state index in [0.29, 0.717) is 37.8 Å².